The van der Waals surface area contributed by atoms with Crippen LogP contribution in [0.25, 0.3) is 0 Å². The third-order valence-corrected chi connectivity index (χ3v) is 2.82. The maximum absolute atomic E-state index is 5.36. The van der Waals surface area contributed by atoms with E-state index in [1.165, 1.54) is 12.8 Å². The van der Waals surface area contributed by atoms with Gasteiger partial charge in [-0.3, -0.25) is 4.98 Å². The quantitative estimate of drug-likeness (QED) is 0.741. The lowest BCUT2D eigenvalue weighted by molar-refractivity contribution is 0.321. The first kappa shape index (κ1) is 12.9. The number of hydrogen-bond donors (Lipinski definition) is 0. The third kappa shape index (κ3) is 3.80. The van der Waals surface area contributed by atoms with E-state index in [1.807, 2.05) is 20.0 Å². The molecule has 0 fully saturated rings. The Balaban J connectivity index is 2.59. The highest BCUT2D eigenvalue weighted by molar-refractivity contribution is 5.18. The number of hydrogen-bond acceptors (Lipinski definition) is 3. The van der Waals surface area contributed by atoms with Crippen LogP contribution in [0.2, 0.25) is 0 Å². The summed E-state index contributed by atoms with van der Waals surface area (Å²) in [7, 11) is 0. The van der Waals surface area contributed by atoms with Gasteiger partial charge in [0.15, 0.2) is 0 Å². The van der Waals surface area contributed by atoms with E-state index >= 15 is 0 Å². The molecule has 90 valence electrons. The highest BCUT2D eigenvalue weighted by atomic mass is 16.5. The number of nitrogens with zero attached hydrogens (tertiary/aromatic N) is 2. The summed E-state index contributed by atoms with van der Waals surface area (Å²) < 4.78 is 5.36. The van der Waals surface area contributed by atoms with Gasteiger partial charge in [-0.25, -0.2) is 4.98 Å². The van der Waals surface area contributed by atoms with Gasteiger partial charge in [0.1, 0.15) is 0 Å². The maximum atomic E-state index is 5.36. The third-order valence-electron chi connectivity index (χ3n) is 2.82. The van der Waals surface area contributed by atoms with Crippen molar-refractivity contribution in [3.8, 4) is 5.88 Å². The van der Waals surface area contributed by atoms with Crippen molar-refractivity contribution in [2.75, 3.05) is 6.61 Å². The van der Waals surface area contributed by atoms with E-state index in [4.69, 9.17) is 4.74 Å². The zero-order valence-corrected chi connectivity index (χ0v) is 10.8. The van der Waals surface area contributed by atoms with E-state index in [9.17, 15) is 0 Å². The van der Waals surface area contributed by atoms with Gasteiger partial charge in [-0.2, -0.15) is 0 Å². The van der Waals surface area contributed by atoms with Gasteiger partial charge in [0.05, 0.1) is 24.2 Å². The fraction of sp³-hybridized carbons (Fsp3) is 0.692. The topological polar surface area (TPSA) is 35.0 Å². The van der Waals surface area contributed by atoms with Crippen molar-refractivity contribution in [1.29, 1.82) is 0 Å². The molecule has 0 aliphatic heterocycles. The Hall–Kier alpha value is -1.12. The molecule has 1 rings (SSSR count). The molecule has 1 aromatic heterocycles. The van der Waals surface area contributed by atoms with Crippen LogP contribution in [0.5, 0.6) is 5.88 Å². The zero-order valence-electron chi connectivity index (χ0n) is 10.8. The van der Waals surface area contributed by atoms with Gasteiger partial charge in [0.25, 0.3) is 0 Å². The molecule has 0 bridgehead atoms. The Morgan fingerprint density at radius 2 is 2.12 bits per heavy atom. The molecule has 3 heteroatoms. The predicted molar refractivity (Wildman–Crippen MR) is 65.7 cm³/mol. The van der Waals surface area contributed by atoms with Crippen molar-refractivity contribution in [3.63, 3.8) is 0 Å². The second kappa shape index (κ2) is 6.46. The molecule has 0 unspecified atom stereocenters. The predicted octanol–water partition coefficient (Wildman–Crippen LogP) is 3.16. The summed E-state index contributed by atoms with van der Waals surface area (Å²) in [5, 5.41) is 0. The van der Waals surface area contributed by atoms with Crippen LogP contribution < -0.4 is 4.74 Å². The number of rotatable bonds is 6. The van der Waals surface area contributed by atoms with Crippen LogP contribution in [0.1, 0.15) is 45.0 Å². The van der Waals surface area contributed by atoms with Crippen molar-refractivity contribution >= 4 is 0 Å². The molecule has 0 aliphatic carbocycles. The van der Waals surface area contributed by atoms with Crippen molar-refractivity contribution in [3.05, 3.63) is 17.6 Å². The molecule has 0 spiro atoms. The second-order valence-corrected chi connectivity index (χ2v) is 4.24. The molecule has 0 saturated carbocycles. The fourth-order valence-electron chi connectivity index (χ4n) is 1.52. The SMILES string of the molecule is CCOc1ncc(CC[C@@H](C)CC)nc1C. The lowest BCUT2D eigenvalue weighted by atomic mass is 10.0. The molecule has 0 aliphatic rings. The average molecular weight is 222 g/mol. The molecule has 1 aromatic rings. The van der Waals surface area contributed by atoms with Crippen LogP contribution in [0.15, 0.2) is 6.20 Å². The number of aryl methyl sites for hydroxylation is 2. The van der Waals surface area contributed by atoms with Gasteiger partial charge in [-0.05, 0) is 32.6 Å². The normalized spacial score (nSPS) is 12.5. The van der Waals surface area contributed by atoms with Crippen LogP contribution in [0.3, 0.4) is 0 Å². The maximum Gasteiger partial charge on any atom is 0.235 e. The van der Waals surface area contributed by atoms with Gasteiger partial charge in [-0.1, -0.05) is 20.3 Å². The van der Waals surface area contributed by atoms with Gasteiger partial charge in [-0.15, -0.1) is 0 Å². The van der Waals surface area contributed by atoms with Gasteiger partial charge in [0.2, 0.25) is 5.88 Å². The summed E-state index contributed by atoms with van der Waals surface area (Å²) in [5.41, 5.74) is 1.96. The summed E-state index contributed by atoms with van der Waals surface area (Å²) in [6.07, 6.45) is 5.25. The van der Waals surface area contributed by atoms with E-state index in [2.05, 4.69) is 23.8 Å². The largest absolute Gasteiger partial charge is 0.477 e. The van der Waals surface area contributed by atoms with Crippen LogP contribution in [-0.2, 0) is 6.42 Å². The number of ether oxygens (including phenoxy) is 1. The number of aromatic nitrogens is 2. The minimum atomic E-state index is 0.641. The summed E-state index contributed by atoms with van der Waals surface area (Å²) in [6, 6.07) is 0. The fourth-order valence-corrected chi connectivity index (χ4v) is 1.52. The molecule has 0 radical (unpaired) electrons. The second-order valence-electron chi connectivity index (χ2n) is 4.24. The average Bonchev–Trinajstić information content (AvgIpc) is 2.29. The first-order valence-electron chi connectivity index (χ1n) is 6.12. The summed E-state index contributed by atoms with van der Waals surface area (Å²) in [4.78, 5) is 8.80. The molecule has 1 heterocycles. The Kier molecular flexibility index (Phi) is 5.23. The lowest BCUT2D eigenvalue weighted by Gasteiger charge is -2.09. The Bertz CT molecular complexity index is 326. The van der Waals surface area contributed by atoms with Crippen molar-refractivity contribution in [2.24, 2.45) is 5.92 Å². The van der Waals surface area contributed by atoms with Gasteiger partial charge in [0, 0.05) is 0 Å². The molecule has 1 atom stereocenters. The Morgan fingerprint density at radius 1 is 1.38 bits per heavy atom. The Morgan fingerprint density at radius 3 is 2.69 bits per heavy atom. The van der Waals surface area contributed by atoms with Crippen LogP contribution in [0, 0.1) is 12.8 Å². The summed E-state index contributed by atoms with van der Waals surface area (Å²) in [6.45, 7) is 9.04. The van der Waals surface area contributed by atoms with E-state index in [0.717, 1.165) is 23.7 Å². The van der Waals surface area contributed by atoms with Crippen molar-refractivity contribution < 1.29 is 4.74 Å². The molecule has 0 N–H and O–H groups in total. The van der Waals surface area contributed by atoms with E-state index in [0.29, 0.717) is 12.5 Å². The van der Waals surface area contributed by atoms with E-state index < -0.39 is 0 Å². The van der Waals surface area contributed by atoms with E-state index in [1.54, 1.807) is 0 Å². The molecule has 16 heavy (non-hydrogen) atoms. The zero-order chi connectivity index (χ0) is 12.0. The van der Waals surface area contributed by atoms with Crippen LogP contribution in [-0.4, -0.2) is 16.6 Å². The molecular weight excluding hydrogens is 200 g/mol. The first-order chi connectivity index (χ1) is 7.67. The molecule has 3 nitrogen and oxygen atoms in total. The molecule has 0 aromatic carbocycles. The highest BCUT2D eigenvalue weighted by Crippen LogP contribution is 2.15. The van der Waals surface area contributed by atoms with E-state index in [-0.39, 0.29) is 0 Å². The summed E-state index contributed by atoms with van der Waals surface area (Å²) in [5.74, 6) is 1.42. The molecule has 0 saturated heterocycles. The van der Waals surface area contributed by atoms with Crippen molar-refractivity contribution in [1.82, 2.24) is 9.97 Å². The van der Waals surface area contributed by atoms with Gasteiger partial charge >= 0.3 is 0 Å². The highest BCUT2D eigenvalue weighted by Gasteiger charge is 2.05. The monoisotopic (exact) mass is 222 g/mol. The minimum Gasteiger partial charge on any atom is -0.477 e. The Labute approximate surface area is 98.3 Å². The molecule has 0 amide bonds. The minimum absolute atomic E-state index is 0.641. The molecular formula is C13H22N2O. The standard InChI is InChI=1S/C13H22N2O/c1-5-10(3)7-8-12-9-14-13(16-6-2)11(4)15-12/h9-10H,5-8H2,1-4H3/t10-/m0/s1. The van der Waals surface area contributed by atoms with Crippen molar-refractivity contribution in [2.45, 2.75) is 47.0 Å². The van der Waals surface area contributed by atoms with Crippen LogP contribution >= 0.6 is 0 Å². The first-order valence-corrected chi connectivity index (χ1v) is 6.12. The summed E-state index contributed by atoms with van der Waals surface area (Å²) >= 11 is 0. The van der Waals surface area contributed by atoms with Gasteiger partial charge < -0.3 is 4.74 Å². The smallest absolute Gasteiger partial charge is 0.235 e. The van der Waals surface area contributed by atoms with Crippen LogP contribution in [0.4, 0.5) is 0 Å². The lowest BCUT2D eigenvalue weighted by Crippen LogP contribution is -2.03.